The van der Waals surface area contributed by atoms with Crippen LogP contribution in [-0.4, -0.2) is 91.7 Å². The third-order valence-corrected chi connectivity index (χ3v) is 7.92. The van der Waals surface area contributed by atoms with Crippen molar-refractivity contribution in [2.75, 3.05) is 64.5 Å². The second-order valence-electron chi connectivity index (χ2n) is 9.13. The molecule has 0 bridgehead atoms. The quantitative estimate of drug-likeness (QED) is 0.595. The first kappa shape index (κ1) is 23.6. The van der Waals surface area contributed by atoms with Crippen molar-refractivity contribution >= 4 is 28.2 Å². The zero-order valence-electron chi connectivity index (χ0n) is 19.4. The highest BCUT2D eigenvalue weighted by Crippen LogP contribution is 2.35. The number of piperidine rings is 1. The highest BCUT2D eigenvalue weighted by molar-refractivity contribution is 7.18. The lowest BCUT2D eigenvalue weighted by atomic mass is 9.94. The first-order chi connectivity index (χ1) is 16.7. The molecule has 5 rings (SSSR count). The molecule has 184 valence electrons. The van der Waals surface area contributed by atoms with Crippen LogP contribution in [0, 0.1) is 5.92 Å². The third kappa shape index (κ3) is 5.58. The van der Waals surface area contributed by atoms with Gasteiger partial charge in [0.15, 0.2) is 16.7 Å². The Morgan fingerprint density at radius 1 is 1.03 bits per heavy atom. The number of thiazole rings is 1. The molecule has 34 heavy (non-hydrogen) atoms. The van der Waals surface area contributed by atoms with Gasteiger partial charge in [-0.05, 0) is 37.8 Å². The standard InChI is InChI=1S/C24H32N4O5S/c29-20(16-27-7-3-18(4-8-27)28-9-14-32-15-10-28)25-24-26-21(19-2-1-11-33-19)23(34-24)22(30)17-5-12-31-13-6-17/h1-2,11,17-18H,3-10,12-16H2,(H,25,26,29). The molecule has 0 atom stereocenters. The van der Waals surface area contributed by atoms with Gasteiger partial charge in [-0.3, -0.25) is 19.4 Å². The van der Waals surface area contributed by atoms with E-state index in [1.807, 2.05) is 0 Å². The number of morpholine rings is 1. The van der Waals surface area contributed by atoms with Gasteiger partial charge in [-0.1, -0.05) is 11.3 Å². The van der Waals surface area contributed by atoms with Crippen LogP contribution in [0.15, 0.2) is 22.8 Å². The van der Waals surface area contributed by atoms with Gasteiger partial charge in [0.1, 0.15) is 10.6 Å². The van der Waals surface area contributed by atoms with Crippen LogP contribution in [0.5, 0.6) is 0 Å². The molecular formula is C24H32N4O5S. The molecule has 0 spiro atoms. The predicted molar refractivity (Wildman–Crippen MR) is 128 cm³/mol. The monoisotopic (exact) mass is 488 g/mol. The number of aromatic nitrogens is 1. The molecule has 3 saturated heterocycles. The van der Waals surface area contributed by atoms with E-state index in [2.05, 4.69) is 20.1 Å². The van der Waals surface area contributed by atoms with Crippen LogP contribution in [-0.2, 0) is 14.3 Å². The molecule has 10 heteroatoms. The summed E-state index contributed by atoms with van der Waals surface area (Å²) >= 11 is 1.24. The van der Waals surface area contributed by atoms with E-state index in [1.165, 1.54) is 11.3 Å². The van der Waals surface area contributed by atoms with Crippen LogP contribution in [0.4, 0.5) is 5.13 Å². The van der Waals surface area contributed by atoms with Crippen molar-refractivity contribution in [2.45, 2.75) is 31.7 Å². The molecule has 0 radical (unpaired) electrons. The third-order valence-electron chi connectivity index (χ3n) is 6.93. The minimum Gasteiger partial charge on any atom is -0.463 e. The van der Waals surface area contributed by atoms with E-state index >= 15 is 0 Å². The van der Waals surface area contributed by atoms with Crippen molar-refractivity contribution < 1.29 is 23.5 Å². The second-order valence-corrected chi connectivity index (χ2v) is 10.1. The van der Waals surface area contributed by atoms with Crippen LogP contribution >= 0.6 is 11.3 Å². The normalized spacial score (nSPS) is 21.5. The van der Waals surface area contributed by atoms with Gasteiger partial charge in [0.25, 0.3) is 0 Å². The number of nitrogens with one attached hydrogen (secondary N) is 1. The number of likely N-dealkylation sites (tertiary alicyclic amines) is 1. The number of nitrogens with zero attached hydrogens (tertiary/aromatic N) is 3. The van der Waals surface area contributed by atoms with Crippen LogP contribution < -0.4 is 5.32 Å². The Hall–Kier alpha value is -2.11. The van der Waals surface area contributed by atoms with Crippen molar-refractivity contribution in [1.82, 2.24) is 14.8 Å². The number of anilines is 1. The van der Waals surface area contributed by atoms with Gasteiger partial charge in [0.2, 0.25) is 5.91 Å². The number of ether oxygens (including phenoxy) is 2. The molecule has 0 unspecified atom stereocenters. The fourth-order valence-corrected chi connectivity index (χ4v) is 6.02. The van der Waals surface area contributed by atoms with Crippen molar-refractivity contribution in [3.8, 4) is 11.5 Å². The maximum absolute atomic E-state index is 13.2. The van der Waals surface area contributed by atoms with Crippen LogP contribution in [0.2, 0.25) is 0 Å². The van der Waals surface area contributed by atoms with Crippen molar-refractivity contribution in [1.29, 1.82) is 0 Å². The summed E-state index contributed by atoms with van der Waals surface area (Å²) in [6.45, 7) is 6.95. The summed E-state index contributed by atoms with van der Waals surface area (Å²) in [5, 5.41) is 3.37. The maximum atomic E-state index is 13.2. The highest BCUT2D eigenvalue weighted by Gasteiger charge is 2.30. The summed E-state index contributed by atoms with van der Waals surface area (Å²) < 4.78 is 16.4. The van der Waals surface area contributed by atoms with E-state index in [4.69, 9.17) is 13.9 Å². The van der Waals surface area contributed by atoms with Crippen LogP contribution in [0.1, 0.15) is 35.4 Å². The number of carbonyl (C=O) groups excluding carboxylic acids is 2. The molecule has 2 aromatic heterocycles. The van der Waals surface area contributed by atoms with E-state index in [-0.39, 0.29) is 17.6 Å². The molecular weight excluding hydrogens is 456 g/mol. The molecule has 3 aliphatic heterocycles. The molecule has 9 nitrogen and oxygen atoms in total. The fraction of sp³-hybridized carbons (Fsp3) is 0.625. The number of amides is 1. The lowest BCUT2D eigenvalue weighted by Gasteiger charge is -2.39. The summed E-state index contributed by atoms with van der Waals surface area (Å²) in [4.78, 5) is 35.9. The Morgan fingerprint density at radius 3 is 2.47 bits per heavy atom. The van der Waals surface area contributed by atoms with Gasteiger partial charge in [0.05, 0.1) is 26.0 Å². The number of rotatable bonds is 7. The average molecular weight is 489 g/mol. The van der Waals surface area contributed by atoms with E-state index < -0.39 is 0 Å². The number of hydrogen-bond donors (Lipinski definition) is 1. The molecule has 0 saturated carbocycles. The Bertz CT molecular complexity index is 958. The average Bonchev–Trinajstić information content (AvgIpc) is 3.55. The minimum absolute atomic E-state index is 0.0536. The van der Waals surface area contributed by atoms with E-state index in [1.54, 1.807) is 18.4 Å². The molecule has 5 heterocycles. The Kier molecular flexibility index (Phi) is 7.70. The zero-order chi connectivity index (χ0) is 23.3. The molecule has 0 aliphatic carbocycles. The SMILES string of the molecule is O=C(CN1CCC(N2CCOCC2)CC1)Nc1nc(-c2ccco2)c(C(=O)C2CCOCC2)s1. The predicted octanol–water partition coefficient (Wildman–Crippen LogP) is 2.75. The van der Waals surface area contributed by atoms with Gasteiger partial charge in [-0.15, -0.1) is 0 Å². The largest absolute Gasteiger partial charge is 0.463 e. The fourth-order valence-electron chi connectivity index (χ4n) is 5.01. The van der Waals surface area contributed by atoms with E-state index in [0.29, 0.717) is 60.1 Å². The zero-order valence-corrected chi connectivity index (χ0v) is 20.2. The molecule has 3 aliphatic rings. The Balaban J connectivity index is 1.20. The molecule has 0 aromatic carbocycles. The van der Waals surface area contributed by atoms with Gasteiger partial charge in [-0.2, -0.15) is 0 Å². The lowest BCUT2D eigenvalue weighted by molar-refractivity contribution is -0.117. The summed E-state index contributed by atoms with van der Waals surface area (Å²) in [6, 6.07) is 4.15. The Labute approximate surface area is 203 Å². The van der Waals surface area contributed by atoms with Crippen molar-refractivity contribution in [3.63, 3.8) is 0 Å². The number of carbonyl (C=O) groups is 2. The van der Waals surface area contributed by atoms with Crippen molar-refractivity contribution in [3.05, 3.63) is 23.3 Å². The first-order valence-corrected chi connectivity index (χ1v) is 13.0. The van der Waals surface area contributed by atoms with Gasteiger partial charge in [0, 0.05) is 51.4 Å². The Morgan fingerprint density at radius 2 is 1.76 bits per heavy atom. The first-order valence-electron chi connectivity index (χ1n) is 12.2. The number of furan rings is 1. The van der Waals surface area contributed by atoms with Crippen LogP contribution in [0.3, 0.4) is 0 Å². The van der Waals surface area contributed by atoms with Crippen LogP contribution in [0.25, 0.3) is 11.5 Å². The maximum Gasteiger partial charge on any atom is 0.240 e. The topological polar surface area (TPSA) is 97.1 Å². The number of Topliss-reactive ketones (excluding diaryl/α,β-unsaturated/α-hetero) is 1. The van der Waals surface area contributed by atoms with Crippen molar-refractivity contribution in [2.24, 2.45) is 5.92 Å². The van der Waals surface area contributed by atoms with Gasteiger partial charge in [-0.25, -0.2) is 4.98 Å². The molecule has 1 N–H and O–H groups in total. The smallest absolute Gasteiger partial charge is 0.240 e. The lowest BCUT2D eigenvalue weighted by Crippen LogP contribution is -2.50. The molecule has 2 aromatic rings. The highest BCUT2D eigenvalue weighted by atomic mass is 32.1. The summed E-state index contributed by atoms with van der Waals surface area (Å²) in [7, 11) is 0. The second kappa shape index (κ2) is 11.1. The van der Waals surface area contributed by atoms with Gasteiger partial charge >= 0.3 is 0 Å². The van der Waals surface area contributed by atoms with E-state index in [9.17, 15) is 9.59 Å². The van der Waals surface area contributed by atoms with E-state index in [0.717, 1.165) is 52.2 Å². The number of hydrogen-bond acceptors (Lipinski definition) is 9. The number of ketones is 1. The van der Waals surface area contributed by atoms with Gasteiger partial charge < -0.3 is 19.2 Å². The minimum atomic E-state index is -0.102. The molecule has 3 fully saturated rings. The summed E-state index contributed by atoms with van der Waals surface area (Å²) in [6.07, 6.45) is 5.11. The summed E-state index contributed by atoms with van der Waals surface area (Å²) in [5.41, 5.74) is 0.508. The molecule has 1 amide bonds. The summed E-state index contributed by atoms with van der Waals surface area (Å²) in [5.74, 6) is 0.407.